The molecule has 1 aromatic heterocycles. The second-order valence-corrected chi connectivity index (χ2v) is 4.34. The van der Waals surface area contributed by atoms with Crippen LogP contribution in [0.25, 0.3) is 0 Å². The Balaban J connectivity index is 2.27. The predicted octanol–water partition coefficient (Wildman–Crippen LogP) is 2.36. The first kappa shape index (κ1) is 12.9. The van der Waals surface area contributed by atoms with E-state index in [2.05, 4.69) is 10.3 Å². The molecule has 2 aromatic rings. The normalized spacial score (nSPS) is 10.2. The molecule has 1 amide bonds. The van der Waals surface area contributed by atoms with Crippen LogP contribution < -0.4 is 5.32 Å². The van der Waals surface area contributed by atoms with Gasteiger partial charge in [-0.3, -0.25) is 9.78 Å². The monoisotopic (exact) mass is 258 g/mol. The number of phenols is 1. The van der Waals surface area contributed by atoms with Crippen molar-refractivity contribution in [2.75, 3.05) is 5.32 Å². The molecule has 0 spiro atoms. The minimum absolute atomic E-state index is 0.0636. The van der Waals surface area contributed by atoms with E-state index in [1.54, 1.807) is 26.0 Å². The van der Waals surface area contributed by atoms with E-state index in [4.69, 9.17) is 0 Å². The van der Waals surface area contributed by atoms with E-state index in [1.807, 2.05) is 0 Å². The SMILES string of the molecule is Cc1cc(NC(=O)c2cncc(O)c2)c(C)cc1O. The molecule has 5 nitrogen and oxygen atoms in total. The fourth-order valence-electron chi connectivity index (χ4n) is 1.68. The number of amides is 1. The van der Waals surface area contributed by atoms with Gasteiger partial charge in [-0.15, -0.1) is 0 Å². The number of carbonyl (C=O) groups excluding carboxylic acids is 1. The lowest BCUT2D eigenvalue weighted by Gasteiger charge is -2.10. The molecule has 5 heteroatoms. The molecule has 98 valence electrons. The third kappa shape index (κ3) is 2.82. The maximum absolute atomic E-state index is 12.0. The number of pyridine rings is 1. The van der Waals surface area contributed by atoms with Crippen LogP contribution in [0.3, 0.4) is 0 Å². The summed E-state index contributed by atoms with van der Waals surface area (Å²) in [5, 5.41) is 21.6. The minimum Gasteiger partial charge on any atom is -0.508 e. The molecule has 1 aromatic carbocycles. The van der Waals surface area contributed by atoms with Crippen molar-refractivity contribution in [2.24, 2.45) is 0 Å². The Labute approximate surface area is 110 Å². The van der Waals surface area contributed by atoms with Gasteiger partial charge in [0.15, 0.2) is 0 Å². The van der Waals surface area contributed by atoms with Crippen molar-refractivity contribution >= 4 is 11.6 Å². The lowest BCUT2D eigenvalue weighted by Crippen LogP contribution is -2.13. The molecular formula is C14H14N2O3. The van der Waals surface area contributed by atoms with Crippen LogP contribution in [0.2, 0.25) is 0 Å². The molecule has 0 radical (unpaired) electrons. The van der Waals surface area contributed by atoms with Gasteiger partial charge in [-0.2, -0.15) is 0 Å². The van der Waals surface area contributed by atoms with Gasteiger partial charge in [0.2, 0.25) is 0 Å². The molecule has 0 aliphatic heterocycles. The van der Waals surface area contributed by atoms with E-state index >= 15 is 0 Å². The fraction of sp³-hybridized carbons (Fsp3) is 0.143. The van der Waals surface area contributed by atoms with Gasteiger partial charge in [0.1, 0.15) is 11.5 Å². The molecule has 0 bridgehead atoms. The topological polar surface area (TPSA) is 82.5 Å². The number of hydrogen-bond donors (Lipinski definition) is 3. The van der Waals surface area contributed by atoms with Gasteiger partial charge in [0, 0.05) is 11.9 Å². The zero-order valence-electron chi connectivity index (χ0n) is 10.6. The van der Waals surface area contributed by atoms with Crippen molar-refractivity contribution in [3.8, 4) is 11.5 Å². The number of aromatic hydroxyl groups is 2. The fourth-order valence-corrected chi connectivity index (χ4v) is 1.68. The first-order valence-corrected chi connectivity index (χ1v) is 5.73. The summed E-state index contributed by atoms with van der Waals surface area (Å²) in [6.07, 6.45) is 2.63. The van der Waals surface area contributed by atoms with Gasteiger partial charge in [0.05, 0.1) is 11.8 Å². The van der Waals surface area contributed by atoms with E-state index in [0.29, 0.717) is 11.3 Å². The Kier molecular flexibility index (Phi) is 3.37. The van der Waals surface area contributed by atoms with Gasteiger partial charge in [-0.1, -0.05) is 0 Å². The predicted molar refractivity (Wildman–Crippen MR) is 71.4 cm³/mol. The summed E-state index contributed by atoms with van der Waals surface area (Å²) in [4.78, 5) is 15.7. The van der Waals surface area contributed by atoms with Crippen molar-refractivity contribution in [3.05, 3.63) is 47.3 Å². The number of rotatable bonds is 2. The summed E-state index contributed by atoms with van der Waals surface area (Å²) < 4.78 is 0. The van der Waals surface area contributed by atoms with Crippen LogP contribution in [0, 0.1) is 13.8 Å². The summed E-state index contributed by atoms with van der Waals surface area (Å²) in [6, 6.07) is 4.62. The number of hydrogen-bond acceptors (Lipinski definition) is 4. The van der Waals surface area contributed by atoms with E-state index in [9.17, 15) is 15.0 Å². The lowest BCUT2D eigenvalue weighted by atomic mass is 10.1. The van der Waals surface area contributed by atoms with Gasteiger partial charge in [0.25, 0.3) is 5.91 Å². The van der Waals surface area contributed by atoms with E-state index in [0.717, 1.165) is 5.56 Å². The summed E-state index contributed by atoms with van der Waals surface area (Å²) in [7, 11) is 0. The largest absolute Gasteiger partial charge is 0.508 e. The van der Waals surface area contributed by atoms with Crippen LogP contribution in [0.4, 0.5) is 5.69 Å². The Morgan fingerprint density at radius 3 is 2.53 bits per heavy atom. The standard InChI is InChI=1S/C14H14N2O3/c1-8-4-13(18)9(2)3-12(8)16-14(19)10-5-11(17)7-15-6-10/h3-7,17-18H,1-2H3,(H,16,19). The molecule has 0 aliphatic rings. The van der Waals surface area contributed by atoms with Crippen LogP contribution in [0.5, 0.6) is 11.5 Å². The number of aromatic nitrogens is 1. The van der Waals surface area contributed by atoms with Crippen LogP contribution in [-0.4, -0.2) is 21.1 Å². The van der Waals surface area contributed by atoms with Crippen molar-refractivity contribution in [2.45, 2.75) is 13.8 Å². The molecular weight excluding hydrogens is 244 g/mol. The Bertz CT molecular complexity index is 639. The Morgan fingerprint density at radius 1 is 1.11 bits per heavy atom. The van der Waals surface area contributed by atoms with Gasteiger partial charge in [-0.25, -0.2) is 0 Å². The van der Waals surface area contributed by atoms with Crippen LogP contribution >= 0.6 is 0 Å². The number of anilines is 1. The molecule has 19 heavy (non-hydrogen) atoms. The number of phenolic OH excluding ortho intramolecular Hbond substituents is 1. The molecule has 0 aliphatic carbocycles. The smallest absolute Gasteiger partial charge is 0.257 e. The highest BCUT2D eigenvalue weighted by atomic mass is 16.3. The minimum atomic E-state index is -0.364. The van der Waals surface area contributed by atoms with Gasteiger partial charge >= 0.3 is 0 Å². The van der Waals surface area contributed by atoms with Crippen LogP contribution in [0.15, 0.2) is 30.6 Å². The molecule has 0 saturated carbocycles. The number of nitrogens with zero attached hydrogens (tertiary/aromatic N) is 1. The van der Waals surface area contributed by atoms with Gasteiger partial charge < -0.3 is 15.5 Å². The van der Waals surface area contributed by atoms with E-state index in [-0.39, 0.29) is 23.0 Å². The average Bonchev–Trinajstić information content (AvgIpc) is 2.36. The number of carbonyl (C=O) groups is 1. The van der Waals surface area contributed by atoms with Crippen molar-refractivity contribution in [3.63, 3.8) is 0 Å². The highest BCUT2D eigenvalue weighted by Gasteiger charge is 2.10. The number of aryl methyl sites for hydroxylation is 2. The number of nitrogens with one attached hydrogen (secondary N) is 1. The summed E-state index contributed by atoms with van der Waals surface area (Å²) in [6.45, 7) is 3.54. The van der Waals surface area contributed by atoms with Crippen molar-refractivity contribution in [1.29, 1.82) is 0 Å². The number of benzene rings is 1. The third-order valence-electron chi connectivity index (χ3n) is 2.78. The molecule has 2 rings (SSSR count). The van der Waals surface area contributed by atoms with Crippen molar-refractivity contribution in [1.82, 2.24) is 4.98 Å². The first-order valence-electron chi connectivity index (χ1n) is 5.73. The zero-order chi connectivity index (χ0) is 14.0. The summed E-state index contributed by atoms with van der Waals surface area (Å²) >= 11 is 0. The maximum Gasteiger partial charge on any atom is 0.257 e. The molecule has 0 fully saturated rings. The summed E-state index contributed by atoms with van der Waals surface area (Å²) in [5.41, 5.74) is 2.31. The maximum atomic E-state index is 12.0. The first-order chi connectivity index (χ1) is 8.97. The highest BCUT2D eigenvalue weighted by molar-refractivity contribution is 6.04. The molecule has 1 heterocycles. The molecule has 0 unspecified atom stereocenters. The zero-order valence-corrected chi connectivity index (χ0v) is 10.6. The summed E-state index contributed by atoms with van der Waals surface area (Å²) in [5.74, 6) is -0.239. The Hall–Kier alpha value is -2.56. The highest BCUT2D eigenvalue weighted by Crippen LogP contribution is 2.25. The van der Waals surface area contributed by atoms with E-state index < -0.39 is 0 Å². The van der Waals surface area contributed by atoms with Crippen molar-refractivity contribution < 1.29 is 15.0 Å². The second-order valence-electron chi connectivity index (χ2n) is 4.34. The molecule has 0 saturated heterocycles. The van der Waals surface area contributed by atoms with E-state index in [1.165, 1.54) is 18.5 Å². The third-order valence-corrected chi connectivity index (χ3v) is 2.78. The average molecular weight is 258 g/mol. The lowest BCUT2D eigenvalue weighted by molar-refractivity contribution is 0.102. The van der Waals surface area contributed by atoms with Crippen LogP contribution in [-0.2, 0) is 0 Å². The Morgan fingerprint density at radius 2 is 1.84 bits per heavy atom. The quantitative estimate of drug-likeness (QED) is 0.722. The second kappa shape index (κ2) is 4.97. The molecule has 3 N–H and O–H groups in total. The molecule has 0 atom stereocenters. The van der Waals surface area contributed by atoms with Crippen LogP contribution in [0.1, 0.15) is 21.5 Å². The van der Waals surface area contributed by atoms with Gasteiger partial charge in [-0.05, 0) is 43.2 Å².